The summed E-state index contributed by atoms with van der Waals surface area (Å²) in [4.78, 5) is 0. The molecule has 0 bridgehead atoms. The van der Waals surface area contributed by atoms with E-state index in [1.807, 2.05) is 35.1 Å². The van der Waals surface area contributed by atoms with Gasteiger partial charge in [0.2, 0.25) is 0 Å². The average Bonchev–Trinajstić information content (AvgIpc) is 2.82. The van der Waals surface area contributed by atoms with E-state index < -0.39 is 0 Å². The number of hydrogen-bond acceptors (Lipinski definition) is 2. The van der Waals surface area contributed by atoms with Crippen molar-refractivity contribution in [1.29, 1.82) is 0 Å². The van der Waals surface area contributed by atoms with Crippen LogP contribution >= 0.6 is 22.6 Å². The summed E-state index contributed by atoms with van der Waals surface area (Å²) in [7, 11) is 0. The molecule has 1 heterocycles. The molecule has 0 saturated heterocycles. The van der Waals surface area contributed by atoms with Gasteiger partial charge in [0.05, 0.1) is 17.6 Å². The number of rotatable bonds is 2. The van der Waals surface area contributed by atoms with Crippen molar-refractivity contribution in [2.24, 2.45) is 0 Å². The maximum absolute atomic E-state index is 6.09. The number of hydrogen-bond donors (Lipinski definition) is 1. The molecular formula is C16H14IN3. The summed E-state index contributed by atoms with van der Waals surface area (Å²) in [6.07, 6.45) is 1.86. The Hall–Kier alpha value is -1.82. The van der Waals surface area contributed by atoms with Crippen molar-refractivity contribution in [2.75, 3.05) is 5.73 Å². The third-order valence-electron chi connectivity index (χ3n) is 3.16. The van der Waals surface area contributed by atoms with Gasteiger partial charge in [-0.1, -0.05) is 29.8 Å². The Morgan fingerprint density at radius 3 is 2.30 bits per heavy atom. The first-order valence-electron chi connectivity index (χ1n) is 6.31. The van der Waals surface area contributed by atoms with Gasteiger partial charge in [0.25, 0.3) is 0 Å². The zero-order valence-electron chi connectivity index (χ0n) is 11.0. The molecule has 3 nitrogen and oxygen atoms in total. The minimum absolute atomic E-state index is 0.687. The molecule has 3 aromatic rings. The first-order valence-corrected chi connectivity index (χ1v) is 7.39. The van der Waals surface area contributed by atoms with Crippen molar-refractivity contribution in [3.8, 4) is 16.9 Å². The number of aryl methyl sites for hydroxylation is 1. The van der Waals surface area contributed by atoms with E-state index in [-0.39, 0.29) is 0 Å². The van der Waals surface area contributed by atoms with Gasteiger partial charge in [0, 0.05) is 9.13 Å². The van der Waals surface area contributed by atoms with Crippen LogP contribution in [-0.2, 0) is 0 Å². The van der Waals surface area contributed by atoms with Crippen LogP contribution in [0.2, 0.25) is 0 Å². The molecule has 0 aliphatic carbocycles. The van der Waals surface area contributed by atoms with Crippen LogP contribution in [0, 0.1) is 10.5 Å². The molecule has 0 unspecified atom stereocenters. The second kappa shape index (κ2) is 5.28. The van der Waals surface area contributed by atoms with Crippen LogP contribution in [0.4, 0.5) is 5.69 Å². The lowest BCUT2D eigenvalue weighted by Crippen LogP contribution is -1.94. The standard InChI is InChI=1S/C16H14IN3/c1-11-2-8-14(9-3-11)20-10-15(18)16(19-20)12-4-6-13(17)7-5-12/h2-10H,18H2,1H3. The fraction of sp³-hybridized carbons (Fsp3) is 0.0625. The van der Waals surface area contributed by atoms with Gasteiger partial charge in [0.1, 0.15) is 5.69 Å². The van der Waals surface area contributed by atoms with Crippen molar-refractivity contribution in [1.82, 2.24) is 9.78 Å². The van der Waals surface area contributed by atoms with Gasteiger partial charge in [-0.3, -0.25) is 0 Å². The summed E-state index contributed by atoms with van der Waals surface area (Å²) >= 11 is 2.29. The monoisotopic (exact) mass is 375 g/mol. The van der Waals surface area contributed by atoms with Gasteiger partial charge in [-0.25, -0.2) is 4.68 Å². The molecule has 0 amide bonds. The summed E-state index contributed by atoms with van der Waals surface area (Å²) in [5, 5.41) is 4.60. The zero-order valence-corrected chi connectivity index (χ0v) is 13.2. The summed E-state index contributed by atoms with van der Waals surface area (Å²) in [6, 6.07) is 16.4. The van der Waals surface area contributed by atoms with Crippen molar-refractivity contribution in [3.05, 3.63) is 63.9 Å². The van der Waals surface area contributed by atoms with E-state index in [0.29, 0.717) is 5.69 Å². The number of halogens is 1. The number of benzene rings is 2. The quantitative estimate of drug-likeness (QED) is 0.688. The Morgan fingerprint density at radius 1 is 1.00 bits per heavy atom. The fourth-order valence-corrected chi connectivity index (χ4v) is 2.41. The smallest absolute Gasteiger partial charge is 0.116 e. The predicted octanol–water partition coefficient (Wildman–Crippen LogP) is 4.03. The largest absolute Gasteiger partial charge is 0.396 e. The molecule has 0 aliphatic heterocycles. The molecular weight excluding hydrogens is 361 g/mol. The molecule has 3 rings (SSSR count). The van der Waals surface area contributed by atoms with E-state index in [1.165, 1.54) is 9.13 Å². The molecule has 0 spiro atoms. The van der Waals surface area contributed by atoms with Gasteiger partial charge in [0.15, 0.2) is 0 Å². The molecule has 1 aromatic heterocycles. The third-order valence-corrected chi connectivity index (χ3v) is 3.88. The summed E-state index contributed by atoms with van der Waals surface area (Å²) in [6.45, 7) is 2.07. The van der Waals surface area contributed by atoms with Crippen molar-refractivity contribution < 1.29 is 0 Å². The first-order chi connectivity index (χ1) is 9.63. The van der Waals surface area contributed by atoms with Crippen LogP contribution in [-0.4, -0.2) is 9.78 Å². The number of anilines is 1. The molecule has 20 heavy (non-hydrogen) atoms. The van der Waals surface area contributed by atoms with Crippen molar-refractivity contribution >= 4 is 28.3 Å². The Kier molecular flexibility index (Phi) is 3.48. The van der Waals surface area contributed by atoms with E-state index in [9.17, 15) is 0 Å². The molecule has 0 fully saturated rings. The Labute approximate surface area is 131 Å². The highest BCUT2D eigenvalue weighted by Gasteiger charge is 2.09. The predicted molar refractivity (Wildman–Crippen MR) is 90.9 cm³/mol. The maximum atomic E-state index is 6.09. The second-order valence-electron chi connectivity index (χ2n) is 4.72. The molecule has 4 heteroatoms. The number of aromatic nitrogens is 2. The SMILES string of the molecule is Cc1ccc(-n2cc(N)c(-c3ccc(I)cc3)n2)cc1. The van der Waals surface area contributed by atoms with Crippen LogP contribution in [0.1, 0.15) is 5.56 Å². The van der Waals surface area contributed by atoms with E-state index >= 15 is 0 Å². The highest BCUT2D eigenvalue weighted by molar-refractivity contribution is 14.1. The topological polar surface area (TPSA) is 43.8 Å². The van der Waals surface area contributed by atoms with E-state index in [2.05, 4.69) is 58.9 Å². The molecule has 0 atom stereocenters. The normalized spacial score (nSPS) is 10.7. The second-order valence-corrected chi connectivity index (χ2v) is 5.97. The number of nitrogens with zero attached hydrogens (tertiary/aromatic N) is 2. The van der Waals surface area contributed by atoms with E-state index in [1.54, 1.807) is 0 Å². The van der Waals surface area contributed by atoms with Crippen LogP contribution in [0.5, 0.6) is 0 Å². The van der Waals surface area contributed by atoms with Gasteiger partial charge in [-0.15, -0.1) is 0 Å². The summed E-state index contributed by atoms with van der Waals surface area (Å²) in [5.74, 6) is 0. The highest BCUT2D eigenvalue weighted by Crippen LogP contribution is 2.26. The Morgan fingerprint density at radius 2 is 1.65 bits per heavy atom. The van der Waals surface area contributed by atoms with Crippen LogP contribution in [0.15, 0.2) is 54.7 Å². The molecule has 0 saturated carbocycles. The van der Waals surface area contributed by atoms with Crippen LogP contribution < -0.4 is 5.73 Å². The third kappa shape index (κ3) is 2.56. The Bertz CT molecular complexity index is 727. The zero-order chi connectivity index (χ0) is 14.1. The minimum atomic E-state index is 0.687. The lowest BCUT2D eigenvalue weighted by atomic mass is 10.1. The van der Waals surface area contributed by atoms with Gasteiger partial charge >= 0.3 is 0 Å². The van der Waals surface area contributed by atoms with Crippen LogP contribution in [0.3, 0.4) is 0 Å². The van der Waals surface area contributed by atoms with E-state index in [0.717, 1.165) is 16.9 Å². The summed E-state index contributed by atoms with van der Waals surface area (Å²) in [5.41, 5.74) is 10.9. The first kappa shape index (κ1) is 13.2. The Balaban J connectivity index is 2.02. The maximum Gasteiger partial charge on any atom is 0.116 e. The molecule has 2 aromatic carbocycles. The van der Waals surface area contributed by atoms with Crippen molar-refractivity contribution in [3.63, 3.8) is 0 Å². The van der Waals surface area contributed by atoms with E-state index in [4.69, 9.17) is 5.73 Å². The molecule has 100 valence electrons. The number of nitrogens with two attached hydrogens (primary N) is 1. The van der Waals surface area contributed by atoms with Crippen LogP contribution in [0.25, 0.3) is 16.9 Å². The molecule has 2 N–H and O–H groups in total. The van der Waals surface area contributed by atoms with Gasteiger partial charge < -0.3 is 5.73 Å². The van der Waals surface area contributed by atoms with Crippen molar-refractivity contribution in [2.45, 2.75) is 6.92 Å². The highest BCUT2D eigenvalue weighted by atomic mass is 127. The fourth-order valence-electron chi connectivity index (χ4n) is 2.05. The average molecular weight is 375 g/mol. The molecule has 0 aliphatic rings. The van der Waals surface area contributed by atoms with Gasteiger partial charge in [-0.2, -0.15) is 5.10 Å². The minimum Gasteiger partial charge on any atom is -0.396 e. The molecule has 0 radical (unpaired) electrons. The lowest BCUT2D eigenvalue weighted by molar-refractivity contribution is 0.884. The van der Waals surface area contributed by atoms with Gasteiger partial charge in [-0.05, 0) is 53.8 Å². The summed E-state index contributed by atoms with van der Waals surface area (Å²) < 4.78 is 3.02. The lowest BCUT2D eigenvalue weighted by Gasteiger charge is -2.01. The number of nitrogen functional groups attached to an aromatic ring is 1.